The summed E-state index contributed by atoms with van der Waals surface area (Å²) in [6, 6.07) is 7.76. The number of rotatable bonds is 4. The highest BCUT2D eigenvalue weighted by molar-refractivity contribution is 9.10. The summed E-state index contributed by atoms with van der Waals surface area (Å²) < 4.78 is 0.970. The minimum Gasteiger partial charge on any atom is -0.481 e. The number of carbonyl (C=O) groups excluding carboxylic acids is 1. The van der Waals surface area contributed by atoms with Gasteiger partial charge in [0.1, 0.15) is 5.69 Å². The molecule has 0 bridgehead atoms. The molecule has 0 unspecified atom stereocenters. The number of nitrogens with one attached hydrogen (secondary N) is 1. The number of likely N-dealkylation sites (tertiary alicyclic amines) is 1. The van der Waals surface area contributed by atoms with Gasteiger partial charge in [0.25, 0.3) is 5.91 Å². The largest absolute Gasteiger partial charge is 0.481 e. The van der Waals surface area contributed by atoms with Gasteiger partial charge < -0.3 is 15.0 Å². The van der Waals surface area contributed by atoms with Crippen molar-refractivity contribution in [3.05, 3.63) is 34.4 Å². The minimum absolute atomic E-state index is 0.00246. The molecule has 1 fully saturated rings. The third-order valence-corrected chi connectivity index (χ3v) is 4.88. The number of aliphatic carboxylic acids is 1. The zero-order valence-electron chi connectivity index (χ0n) is 12.7. The first-order chi connectivity index (χ1) is 11.0. The number of carboxylic acid groups (broad SMARTS) is 1. The molecule has 122 valence electrons. The van der Waals surface area contributed by atoms with E-state index in [0.29, 0.717) is 18.7 Å². The molecule has 1 aliphatic rings. The van der Waals surface area contributed by atoms with Crippen LogP contribution in [0, 0.1) is 5.92 Å². The van der Waals surface area contributed by atoms with Crippen molar-refractivity contribution < 1.29 is 14.7 Å². The zero-order chi connectivity index (χ0) is 16.4. The lowest BCUT2D eigenvalue weighted by Crippen LogP contribution is -2.40. The molecule has 5 nitrogen and oxygen atoms in total. The summed E-state index contributed by atoms with van der Waals surface area (Å²) in [5, 5.41) is 9.82. The van der Waals surface area contributed by atoms with E-state index in [4.69, 9.17) is 5.11 Å². The summed E-state index contributed by atoms with van der Waals surface area (Å²) in [6.07, 6.45) is 2.74. The molecule has 1 saturated heterocycles. The summed E-state index contributed by atoms with van der Waals surface area (Å²) in [5.41, 5.74) is 1.53. The molecule has 1 aliphatic heterocycles. The average molecular weight is 379 g/mol. The average Bonchev–Trinajstić information content (AvgIpc) is 2.95. The summed E-state index contributed by atoms with van der Waals surface area (Å²) in [5.74, 6) is -0.491. The first-order valence-electron chi connectivity index (χ1n) is 7.82. The van der Waals surface area contributed by atoms with Crippen LogP contribution in [0.5, 0.6) is 0 Å². The Balaban J connectivity index is 1.71. The van der Waals surface area contributed by atoms with E-state index in [1.54, 1.807) is 0 Å². The summed E-state index contributed by atoms with van der Waals surface area (Å²) >= 11 is 3.43. The molecule has 2 heterocycles. The molecule has 0 radical (unpaired) electrons. The van der Waals surface area contributed by atoms with Crippen molar-refractivity contribution in [2.45, 2.75) is 25.7 Å². The number of piperidine rings is 1. The Labute approximate surface area is 142 Å². The van der Waals surface area contributed by atoms with Gasteiger partial charge in [0.2, 0.25) is 0 Å². The third-order valence-electron chi connectivity index (χ3n) is 4.39. The van der Waals surface area contributed by atoms with E-state index in [-0.39, 0.29) is 18.2 Å². The second-order valence-corrected chi connectivity index (χ2v) is 7.02. The van der Waals surface area contributed by atoms with Crippen molar-refractivity contribution in [3.8, 4) is 0 Å². The Hall–Kier alpha value is -1.82. The topological polar surface area (TPSA) is 73.4 Å². The number of benzene rings is 1. The van der Waals surface area contributed by atoms with E-state index in [9.17, 15) is 9.59 Å². The highest BCUT2D eigenvalue weighted by atomic mass is 79.9. The van der Waals surface area contributed by atoms with Crippen molar-refractivity contribution in [2.75, 3.05) is 13.1 Å². The van der Waals surface area contributed by atoms with Crippen LogP contribution in [0.1, 0.15) is 36.2 Å². The molecule has 1 aromatic carbocycles. The highest BCUT2D eigenvalue weighted by Crippen LogP contribution is 2.24. The van der Waals surface area contributed by atoms with Crippen molar-refractivity contribution in [3.63, 3.8) is 0 Å². The zero-order valence-corrected chi connectivity index (χ0v) is 14.3. The maximum absolute atomic E-state index is 12.7. The van der Waals surface area contributed by atoms with Crippen LogP contribution in [0.25, 0.3) is 10.9 Å². The lowest BCUT2D eigenvalue weighted by Gasteiger charge is -2.32. The number of hydrogen-bond donors (Lipinski definition) is 2. The second kappa shape index (κ2) is 6.74. The minimum atomic E-state index is -0.769. The van der Waals surface area contributed by atoms with Gasteiger partial charge in [-0.15, -0.1) is 0 Å². The second-order valence-electron chi connectivity index (χ2n) is 6.11. The molecule has 0 saturated carbocycles. The quantitative estimate of drug-likeness (QED) is 0.852. The maximum atomic E-state index is 12.7. The first kappa shape index (κ1) is 16.1. The standard InChI is InChI=1S/C17H19BrN2O3/c18-13-5-4-12-8-15(19-14(12)9-13)17(23)20-7-1-2-11(10-20)3-6-16(21)22/h4-5,8-9,11,19H,1-3,6-7,10H2,(H,21,22)/t11-/m0/s1. The van der Waals surface area contributed by atoms with Crippen molar-refractivity contribution in [1.82, 2.24) is 9.88 Å². The van der Waals surface area contributed by atoms with Gasteiger partial charge in [-0.2, -0.15) is 0 Å². The molecule has 23 heavy (non-hydrogen) atoms. The monoisotopic (exact) mass is 378 g/mol. The molecule has 1 atom stereocenters. The number of hydrogen-bond acceptors (Lipinski definition) is 2. The van der Waals surface area contributed by atoms with Crippen LogP contribution in [0.15, 0.2) is 28.7 Å². The van der Waals surface area contributed by atoms with Crippen molar-refractivity contribution in [2.24, 2.45) is 5.92 Å². The molecule has 1 amide bonds. The third kappa shape index (κ3) is 3.75. The molecule has 2 N–H and O–H groups in total. The van der Waals surface area contributed by atoms with Gasteiger partial charge >= 0.3 is 5.97 Å². The van der Waals surface area contributed by atoms with Crippen molar-refractivity contribution in [1.29, 1.82) is 0 Å². The summed E-state index contributed by atoms with van der Waals surface area (Å²) in [6.45, 7) is 1.38. The van der Waals surface area contributed by atoms with Crippen LogP contribution in [0.4, 0.5) is 0 Å². The number of carbonyl (C=O) groups is 2. The molecule has 0 spiro atoms. The SMILES string of the molecule is O=C(O)CC[C@@H]1CCCN(C(=O)c2cc3ccc(Br)cc3[nH]2)C1. The predicted molar refractivity (Wildman–Crippen MR) is 91.5 cm³/mol. The number of carboxylic acids is 1. The Kier molecular flexibility index (Phi) is 4.71. The number of halogens is 1. The van der Waals surface area contributed by atoms with Gasteiger partial charge in [-0.3, -0.25) is 9.59 Å². The normalized spacial score (nSPS) is 18.3. The van der Waals surface area contributed by atoms with E-state index in [2.05, 4.69) is 20.9 Å². The van der Waals surface area contributed by atoms with Crippen LogP contribution < -0.4 is 0 Å². The number of aromatic nitrogens is 1. The molecule has 2 aromatic rings. The highest BCUT2D eigenvalue weighted by Gasteiger charge is 2.25. The summed E-state index contributed by atoms with van der Waals surface area (Å²) in [4.78, 5) is 28.4. The lowest BCUT2D eigenvalue weighted by molar-refractivity contribution is -0.137. The van der Waals surface area contributed by atoms with Gasteiger partial charge in [-0.1, -0.05) is 22.0 Å². The number of H-pyrrole nitrogens is 1. The number of aromatic amines is 1. The predicted octanol–water partition coefficient (Wildman–Crippen LogP) is 3.65. The molecular weight excluding hydrogens is 360 g/mol. The van der Waals surface area contributed by atoms with E-state index >= 15 is 0 Å². The van der Waals surface area contributed by atoms with Crippen LogP contribution >= 0.6 is 15.9 Å². The number of fused-ring (bicyclic) bond motifs is 1. The Morgan fingerprint density at radius 2 is 2.17 bits per heavy atom. The number of nitrogens with zero attached hydrogens (tertiary/aromatic N) is 1. The molecule has 3 rings (SSSR count). The Morgan fingerprint density at radius 1 is 1.35 bits per heavy atom. The fourth-order valence-electron chi connectivity index (χ4n) is 3.20. The van der Waals surface area contributed by atoms with E-state index in [0.717, 1.165) is 34.8 Å². The smallest absolute Gasteiger partial charge is 0.303 e. The van der Waals surface area contributed by atoms with E-state index < -0.39 is 5.97 Å². The molecule has 0 aliphatic carbocycles. The van der Waals surface area contributed by atoms with Gasteiger partial charge in [0.05, 0.1) is 0 Å². The fraction of sp³-hybridized carbons (Fsp3) is 0.412. The maximum Gasteiger partial charge on any atom is 0.303 e. The Bertz CT molecular complexity index is 741. The summed E-state index contributed by atoms with van der Waals surface area (Å²) in [7, 11) is 0. The lowest BCUT2D eigenvalue weighted by atomic mass is 9.93. The van der Waals surface area contributed by atoms with E-state index in [1.807, 2.05) is 29.2 Å². The number of amides is 1. The van der Waals surface area contributed by atoms with Gasteiger partial charge in [0, 0.05) is 34.9 Å². The van der Waals surface area contributed by atoms with Crippen LogP contribution in [0.3, 0.4) is 0 Å². The fourth-order valence-corrected chi connectivity index (χ4v) is 3.56. The van der Waals surface area contributed by atoms with Crippen LogP contribution in [0.2, 0.25) is 0 Å². The molecule has 1 aromatic heterocycles. The molecule has 6 heteroatoms. The van der Waals surface area contributed by atoms with Gasteiger partial charge in [-0.25, -0.2) is 0 Å². The Morgan fingerprint density at radius 3 is 2.96 bits per heavy atom. The van der Waals surface area contributed by atoms with Crippen LogP contribution in [-0.4, -0.2) is 40.0 Å². The molecular formula is C17H19BrN2O3. The van der Waals surface area contributed by atoms with Crippen LogP contribution in [-0.2, 0) is 4.79 Å². The van der Waals surface area contributed by atoms with Gasteiger partial charge in [-0.05, 0) is 43.4 Å². The van der Waals surface area contributed by atoms with Crippen molar-refractivity contribution >= 4 is 38.7 Å². The van der Waals surface area contributed by atoms with Gasteiger partial charge in [0.15, 0.2) is 0 Å². The first-order valence-corrected chi connectivity index (χ1v) is 8.61. The van der Waals surface area contributed by atoms with E-state index in [1.165, 1.54) is 0 Å².